The summed E-state index contributed by atoms with van der Waals surface area (Å²) >= 11 is 6.16. The van der Waals surface area contributed by atoms with Gasteiger partial charge in [-0.2, -0.15) is 15.0 Å². The smallest absolute Gasteiger partial charge is 0.328 e. The van der Waals surface area contributed by atoms with E-state index in [-0.39, 0.29) is 11.2 Å². The fourth-order valence-electron chi connectivity index (χ4n) is 4.15. The predicted octanol–water partition coefficient (Wildman–Crippen LogP) is 4.34. The summed E-state index contributed by atoms with van der Waals surface area (Å²) < 4.78 is 5.01. The molecule has 3 heterocycles. The zero-order chi connectivity index (χ0) is 24.2. The third kappa shape index (κ3) is 5.04. The average molecular weight is 490 g/mol. The van der Waals surface area contributed by atoms with Crippen molar-refractivity contribution in [1.82, 2.24) is 24.9 Å². The van der Waals surface area contributed by atoms with E-state index in [1.807, 2.05) is 54.9 Å². The van der Waals surface area contributed by atoms with Gasteiger partial charge < -0.3 is 25.3 Å². The molecule has 0 aliphatic rings. The average Bonchev–Trinajstić information content (AvgIpc) is 3.47. The number of aromatic nitrogens is 5. The SMILES string of the molecule is COC(=O)[C@H](Cc1c[nH]c2ccccc12)Nc1nc(Cl)nc(NCCc2c[nH]c3ccccc23)n1. The number of hydrogen-bond donors (Lipinski definition) is 4. The molecule has 0 aliphatic heterocycles. The molecule has 0 bridgehead atoms. The maximum atomic E-state index is 12.5. The molecule has 178 valence electrons. The van der Waals surface area contributed by atoms with Gasteiger partial charge in [-0.3, -0.25) is 0 Å². The Morgan fingerprint density at radius 2 is 1.57 bits per heavy atom. The largest absolute Gasteiger partial charge is 0.467 e. The number of methoxy groups -OCH3 is 1. The normalized spacial score (nSPS) is 12.1. The second-order valence-electron chi connectivity index (χ2n) is 8.07. The molecular formula is C25H24ClN7O2. The van der Waals surface area contributed by atoms with E-state index in [1.165, 1.54) is 18.1 Å². The van der Waals surface area contributed by atoms with Crippen molar-refractivity contribution in [1.29, 1.82) is 0 Å². The minimum Gasteiger partial charge on any atom is -0.467 e. The first kappa shape index (κ1) is 22.7. The molecule has 0 saturated heterocycles. The van der Waals surface area contributed by atoms with Crippen LogP contribution in [-0.4, -0.2) is 50.6 Å². The summed E-state index contributed by atoms with van der Waals surface area (Å²) in [6, 6.07) is 15.3. The number of esters is 1. The number of nitrogens with zero attached hydrogens (tertiary/aromatic N) is 3. The van der Waals surface area contributed by atoms with Crippen LogP contribution in [0.4, 0.5) is 11.9 Å². The number of carbonyl (C=O) groups excluding carboxylic acids is 1. The fraction of sp³-hybridized carbons (Fsp3) is 0.200. The summed E-state index contributed by atoms with van der Waals surface area (Å²) in [4.78, 5) is 31.8. The Morgan fingerprint density at radius 1 is 0.943 bits per heavy atom. The van der Waals surface area contributed by atoms with Crippen LogP contribution in [0.1, 0.15) is 11.1 Å². The first-order valence-electron chi connectivity index (χ1n) is 11.2. The fourth-order valence-corrected chi connectivity index (χ4v) is 4.31. The summed E-state index contributed by atoms with van der Waals surface area (Å²) in [6.45, 7) is 0.595. The summed E-state index contributed by atoms with van der Waals surface area (Å²) in [6.07, 6.45) is 5.04. The Balaban J connectivity index is 1.29. The van der Waals surface area contributed by atoms with Gasteiger partial charge in [0.05, 0.1) is 7.11 Å². The van der Waals surface area contributed by atoms with Gasteiger partial charge in [0.15, 0.2) is 0 Å². The van der Waals surface area contributed by atoms with Crippen molar-refractivity contribution in [2.75, 3.05) is 24.3 Å². The van der Waals surface area contributed by atoms with Gasteiger partial charge in [-0.25, -0.2) is 4.79 Å². The second kappa shape index (κ2) is 10.0. The number of nitrogens with one attached hydrogen (secondary N) is 4. The molecule has 0 fully saturated rings. The highest BCUT2D eigenvalue weighted by Gasteiger charge is 2.23. The van der Waals surface area contributed by atoms with E-state index in [9.17, 15) is 4.79 Å². The minimum atomic E-state index is -0.711. The van der Waals surface area contributed by atoms with Gasteiger partial charge in [0, 0.05) is 47.2 Å². The van der Waals surface area contributed by atoms with Crippen molar-refractivity contribution in [2.24, 2.45) is 0 Å². The van der Waals surface area contributed by atoms with Gasteiger partial charge in [0.2, 0.25) is 17.2 Å². The molecule has 5 rings (SSSR count). The summed E-state index contributed by atoms with van der Waals surface area (Å²) in [7, 11) is 1.35. The molecule has 0 spiro atoms. The number of para-hydroxylation sites is 2. The predicted molar refractivity (Wildman–Crippen MR) is 137 cm³/mol. The quantitative estimate of drug-likeness (QED) is 0.227. The van der Waals surface area contributed by atoms with Crippen molar-refractivity contribution in [3.63, 3.8) is 0 Å². The number of aromatic amines is 2. The third-order valence-electron chi connectivity index (χ3n) is 5.85. The van der Waals surface area contributed by atoms with Gasteiger partial charge in [0.1, 0.15) is 6.04 Å². The molecule has 0 amide bonds. The molecule has 1 atom stereocenters. The van der Waals surface area contributed by atoms with Crippen LogP contribution in [-0.2, 0) is 22.4 Å². The van der Waals surface area contributed by atoms with Crippen LogP contribution < -0.4 is 10.6 Å². The van der Waals surface area contributed by atoms with Crippen molar-refractivity contribution >= 4 is 51.3 Å². The van der Waals surface area contributed by atoms with E-state index in [0.717, 1.165) is 28.4 Å². The van der Waals surface area contributed by atoms with Gasteiger partial charge in [-0.05, 0) is 41.3 Å². The van der Waals surface area contributed by atoms with Crippen LogP contribution in [0.5, 0.6) is 0 Å². The Morgan fingerprint density at radius 3 is 2.29 bits per heavy atom. The van der Waals surface area contributed by atoms with Crippen molar-refractivity contribution < 1.29 is 9.53 Å². The molecule has 3 aromatic heterocycles. The van der Waals surface area contributed by atoms with Crippen LogP contribution in [0.25, 0.3) is 21.8 Å². The van der Waals surface area contributed by atoms with E-state index in [2.05, 4.69) is 41.6 Å². The molecule has 0 saturated carbocycles. The maximum Gasteiger partial charge on any atom is 0.328 e. The summed E-state index contributed by atoms with van der Waals surface area (Å²) in [5.41, 5.74) is 4.26. The molecular weight excluding hydrogens is 466 g/mol. The van der Waals surface area contributed by atoms with Crippen LogP contribution in [0.15, 0.2) is 60.9 Å². The van der Waals surface area contributed by atoms with E-state index in [4.69, 9.17) is 16.3 Å². The van der Waals surface area contributed by atoms with E-state index in [0.29, 0.717) is 18.9 Å². The molecule has 9 nitrogen and oxygen atoms in total. The Labute approximate surface area is 206 Å². The van der Waals surface area contributed by atoms with Gasteiger partial charge >= 0.3 is 5.97 Å². The number of anilines is 2. The highest BCUT2D eigenvalue weighted by atomic mass is 35.5. The minimum absolute atomic E-state index is 0.0211. The zero-order valence-electron chi connectivity index (χ0n) is 19.0. The first-order chi connectivity index (χ1) is 17.1. The zero-order valence-corrected chi connectivity index (χ0v) is 19.8. The Kier molecular flexibility index (Phi) is 6.49. The lowest BCUT2D eigenvalue weighted by Crippen LogP contribution is -2.33. The molecule has 35 heavy (non-hydrogen) atoms. The molecule has 0 unspecified atom stereocenters. The number of fused-ring (bicyclic) bond motifs is 2. The highest BCUT2D eigenvalue weighted by molar-refractivity contribution is 6.28. The van der Waals surface area contributed by atoms with Crippen molar-refractivity contribution in [3.8, 4) is 0 Å². The lowest BCUT2D eigenvalue weighted by molar-refractivity contribution is -0.141. The van der Waals surface area contributed by atoms with Crippen molar-refractivity contribution in [3.05, 3.63) is 77.3 Å². The first-order valence-corrected chi connectivity index (χ1v) is 11.6. The maximum absolute atomic E-state index is 12.5. The van der Waals surface area contributed by atoms with Crippen molar-refractivity contribution in [2.45, 2.75) is 18.9 Å². The number of halogens is 1. The molecule has 0 radical (unpaired) electrons. The van der Waals surface area contributed by atoms with Gasteiger partial charge in [-0.1, -0.05) is 36.4 Å². The molecule has 2 aromatic carbocycles. The van der Waals surface area contributed by atoms with Crippen LogP contribution in [0.3, 0.4) is 0 Å². The number of carbonyl (C=O) groups is 1. The molecule has 10 heteroatoms. The van der Waals surface area contributed by atoms with E-state index < -0.39 is 12.0 Å². The number of benzene rings is 2. The van der Waals surface area contributed by atoms with Crippen LogP contribution in [0.2, 0.25) is 5.28 Å². The number of ether oxygens (including phenoxy) is 1. The number of H-pyrrole nitrogens is 2. The Hall–Kier alpha value is -4.11. The summed E-state index contributed by atoms with van der Waals surface area (Å²) in [5, 5.41) is 8.50. The topological polar surface area (TPSA) is 121 Å². The van der Waals surface area contributed by atoms with E-state index >= 15 is 0 Å². The van der Waals surface area contributed by atoms with Gasteiger partial charge in [0.25, 0.3) is 0 Å². The van der Waals surface area contributed by atoms with Crippen LogP contribution >= 0.6 is 11.6 Å². The highest BCUT2D eigenvalue weighted by Crippen LogP contribution is 2.21. The third-order valence-corrected chi connectivity index (χ3v) is 6.02. The Bertz CT molecular complexity index is 1480. The lowest BCUT2D eigenvalue weighted by Gasteiger charge is -2.16. The van der Waals surface area contributed by atoms with Gasteiger partial charge in [-0.15, -0.1) is 0 Å². The standard InChI is InChI=1S/C25H24ClN7O2/c1-35-22(34)21(12-16-14-29-20-9-5-3-7-18(16)20)30-25-32-23(26)31-24(33-25)27-11-10-15-13-28-19-8-4-2-6-17(15)19/h2-9,13-14,21,28-29H,10-12H2,1H3,(H2,27,30,31,32,33)/t21-/m0/s1. The number of rotatable bonds is 9. The molecule has 5 aromatic rings. The monoisotopic (exact) mass is 489 g/mol. The molecule has 4 N–H and O–H groups in total. The van der Waals surface area contributed by atoms with E-state index in [1.54, 1.807) is 0 Å². The lowest BCUT2D eigenvalue weighted by atomic mass is 10.1. The molecule has 0 aliphatic carbocycles. The summed E-state index contributed by atoms with van der Waals surface area (Å²) in [5.74, 6) is 0.0820. The number of hydrogen-bond acceptors (Lipinski definition) is 7. The van der Waals surface area contributed by atoms with Crippen LogP contribution in [0, 0.1) is 0 Å². The second-order valence-corrected chi connectivity index (χ2v) is 8.41.